The third kappa shape index (κ3) is 3.17. The van der Waals surface area contributed by atoms with Gasteiger partial charge in [0.1, 0.15) is 10.6 Å². The van der Waals surface area contributed by atoms with Gasteiger partial charge < -0.3 is 10.5 Å². The Kier molecular flexibility index (Phi) is 4.19. The summed E-state index contributed by atoms with van der Waals surface area (Å²) in [5.74, 6) is 0.258. The Hall–Kier alpha value is -2.06. The van der Waals surface area contributed by atoms with Crippen molar-refractivity contribution in [3.05, 3.63) is 35.7 Å². The molecule has 7 nitrogen and oxygen atoms in total. The average Bonchev–Trinajstić information content (AvgIpc) is 2.94. The molecular formula is C13H18N4O3S. The van der Waals surface area contributed by atoms with Crippen molar-refractivity contribution in [3.8, 4) is 5.75 Å². The average molecular weight is 310 g/mol. The molecule has 114 valence electrons. The van der Waals surface area contributed by atoms with E-state index in [4.69, 9.17) is 10.5 Å². The summed E-state index contributed by atoms with van der Waals surface area (Å²) in [5, 5.41) is 6.45. The minimum Gasteiger partial charge on any atom is -0.495 e. The van der Waals surface area contributed by atoms with Crippen molar-refractivity contribution in [1.29, 1.82) is 0 Å². The molecule has 21 heavy (non-hydrogen) atoms. The maximum Gasteiger partial charge on any atom is 0.244 e. The van der Waals surface area contributed by atoms with Crippen molar-refractivity contribution in [2.75, 3.05) is 12.8 Å². The highest BCUT2D eigenvalue weighted by molar-refractivity contribution is 7.89. The number of H-pyrrole nitrogens is 1. The molecule has 0 fully saturated rings. The van der Waals surface area contributed by atoms with Crippen LogP contribution in [0.2, 0.25) is 0 Å². The maximum absolute atomic E-state index is 12.5. The van der Waals surface area contributed by atoms with Crippen molar-refractivity contribution in [2.45, 2.75) is 24.8 Å². The van der Waals surface area contributed by atoms with Crippen molar-refractivity contribution in [1.82, 2.24) is 14.9 Å². The maximum atomic E-state index is 12.5. The monoisotopic (exact) mass is 310 g/mol. The van der Waals surface area contributed by atoms with Gasteiger partial charge in [-0.1, -0.05) is 0 Å². The Bertz CT molecular complexity index is 726. The van der Waals surface area contributed by atoms with Crippen LogP contribution in [0.3, 0.4) is 0 Å². The normalized spacial score (nSPS) is 13.1. The number of anilines is 1. The van der Waals surface area contributed by atoms with Gasteiger partial charge in [-0.15, -0.1) is 0 Å². The quantitative estimate of drug-likeness (QED) is 0.722. The molecule has 8 heteroatoms. The summed E-state index contributed by atoms with van der Waals surface area (Å²) in [6.07, 6.45) is 3.20. The zero-order valence-electron chi connectivity index (χ0n) is 12.0. The first-order chi connectivity index (χ1) is 9.85. The zero-order valence-corrected chi connectivity index (χ0v) is 12.9. The number of aromatic nitrogens is 2. The van der Waals surface area contributed by atoms with Crippen molar-refractivity contribution in [2.24, 2.45) is 0 Å². The minimum atomic E-state index is -3.76. The number of methoxy groups -OCH3 is 1. The number of ether oxygens (including phenoxy) is 1. The molecule has 0 radical (unpaired) electrons. The van der Waals surface area contributed by atoms with E-state index in [1.165, 1.54) is 13.2 Å². The van der Waals surface area contributed by atoms with Crippen LogP contribution >= 0.6 is 0 Å². The molecule has 2 aromatic rings. The lowest BCUT2D eigenvalue weighted by molar-refractivity contribution is 0.402. The van der Waals surface area contributed by atoms with E-state index < -0.39 is 16.1 Å². The summed E-state index contributed by atoms with van der Waals surface area (Å²) >= 11 is 0. The number of benzene rings is 1. The first-order valence-electron chi connectivity index (χ1n) is 6.30. The molecule has 1 heterocycles. The summed E-state index contributed by atoms with van der Waals surface area (Å²) < 4.78 is 32.7. The first kappa shape index (κ1) is 15.3. The Balaban J connectivity index is 2.38. The number of nitrogen functional groups attached to an aromatic ring is 1. The molecule has 2 rings (SSSR count). The molecule has 0 bridgehead atoms. The van der Waals surface area contributed by atoms with Crippen LogP contribution in [0.15, 0.2) is 29.4 Å². The topological polar surface area (TPSA) is 110 Å². The summed E-state index contributed by atoms with van der Waals surface area (Å²) in [7, 11) is -2.34. The van der Waals surface area contributed by atoms with Gasteiger partial charge in [-0.3, -0.25) is 5.10 Å². The van der Waals surface area contributed by atoms with Gasteiger partial charge in [-0.05, 0) is 31.5 Å². The molecule has 0 spiro atoms. The third-order valence-corrected chi connectivity index (χ3v) is 4.76. The summed E-state index contributed by atoms with van der Waals surface area (Å²) in [4.78, 5) is 0.0171. The van der Waals surface area contributed by atoms with E-state index >= 15 is 0 Å². The fraction of sp³-hybridized carbons (Fsp3) is 0.308. The lowest BCUT2D eigenvalue weighted by atomic mass is 10.2. The number of rotatable bonds is 5. The molecule has 1 aromatic heterocycles. The van der Waals surface area contributed by atoms with E-state index in [9.17, 15) is 8.42 Å². The van der Waals surface area contributed by atoms with Gasteiger partial charge >= 0.3 is 0 Å². The number of sulfonamides is 1. The van der Waals surface area contributed by atoms with Crippen LogP contribution in [-0.4, -0.2) is 25.7 Å². The fourth-order valence-corrected chi connectivity index (χ4v) is 3.33. The number of aryl methyl sites for hydroxylation is 1. The summed E-state index contributed by atoms with van der Waals surface area (Å²) in [5.41, 5.74) is 7.69. The molecule has 0 aliphatic rings. The molecule has 0 aliphatic heterocycles. The van der Waals surface area contributed by atoms with Crippen molar-refractivity contribution >= 4 is 15.7 Å². The second-order valence-corrected chi connectivity index (χ2v) is 6.42. The lowest BCUT2D eigenvalue weighted by Crippen LogP contribution is -2.27. The van der Waals surface area contributed by atoms with Gasteiger partial charge in [0.25, 0.3) is 0 Å². The Morgan fingerprint density at radius 2 is 2.14 bits per heavy atom. The SMILES string of the molecule is COc1cc(C)c(N)cc1S(=O)(=O)NC(C)c1cn[nH]c1. The lowest BCUT2D eigenvalue weighted by Gasteiger charge is -2.16. The smallest absolute Gasteiger partial charge is 0.244 e. The highest BCUT2D eigenvalue weighted by Crippen LogP contribution is 2.29. The Morgan fingerprint density at radius 1 is 1.43 bits per heavy atom. The van der Waals surface area contributed by atoms with E-state index in [0.717, 1.165) is 11.1 Å². The molecule has 0 aliphatic carbocycles. The van der Waals surface area contributed by atoms with E-state index in [0.29, 0.717) is 5.69 Å². The van der Waals surface area contributed by atoms with Crippen LogP contribution in [0.4, 0.5) is 5.69 Å². The van der Waals surface area contributed by atoms with Crippen LogP contribution in [0.1, 0.15) is 24.1 Å². The number of nitrogens with zero attached hydrogens (tertiary/aromatic N) is 1. The molecule has 0 saturated heterocycles. The van der Waals surface area contributed by atoms with Gasteiger partial charge in [0, 0.05) is 23.5 Å². The van der Waals surface area contributed by atoms with E-state index in [2.05, 4.69) is 14.9 Å². The molecule has 0 amide bonds. The van der Waals surface area contributed by atoms with Gasteiger partial charge in [-0.25, -0.2) is 13.1 Å². The Morgan fingerprint density at radius 3 is 2.71 bits per heavy atom. The molecule has 4 N–H and O–H groups in total. The predicted octanol–water partition coefficient (Wildman–Crippen LogP) is 1.35. The van der Waals surface area contributed by atoms with Crippen molar-refractivity contribution in [3.63, 3.8) is 0 Å². The molecule has 1 aromatic carbocycles. The zero-order chi connectivity index (χ0) is 15.6. The van der Waals surface area contributed by atoms with E-state index in [1.807, 2.05) is 0 Å². The van der Waals surface area contributed by atoms with Gasteiger partial charge in [-0.2, -0.15) is 5.10 Å². The minimum absolute atomic E-state index is 0.0171. The summed E-state index contributed by atoms with van der Waals surface area (Å²) in [6.45, 7) is 3.52. The number of hydrogen-bond acceptors (Lipinski definition) is 5. The van der Waals surface area contributed by atoms with E-state index in [1.54, 1.807) is 32.3 Å². The van der Waals surface area contributed by atoms with Crippen molar-refractivity contribution < 1.29 is 13.2 Å². The van der Waals surface area contributed by atoms with Gasteiger partial charge in [0.05, 0.1) is 13.3 Å². The second-order valence-electron chi connectivity index (χ2n) is 4.73. The number of nitrogens with two attached hydrogens (primary N) is 1. The number of aromatic amines is 1. The Labute approximate surface area is 123 Å². The highest BCUT2D eigenvalue weighted by Gasteiger charge is 2.23. The third-order valence-electron chi connectivity index (χ3n) is 3.19. The van der Waals surface area contributed by atoms with Crippen LogP contribution in [0.5, 0.6) is 5.75 Å². The largest absolute Gasteiger partial charge is 0.495 e. The van der Waals surface area contributed by atoms with Crippen LogP contribution in [0.25, 0.3) is 0 Å². The predicted molar refractivity (Wildman–Crippen MR) is 79.5 cm³/mol. The first-order valence-corrected chi connectivity index (χ1v) is 7.78. The van der Waals surface area contributed by atoms with Crippen LogP contribution in [0, 0.1) is 6.92 Å². The molecule has 0 saturated carbocycles. The van der Waals surface area contributed by atoms with Crippen LogP contribution < -0.4 is 15.2 Å². The molecular weight excluding hydrogens is 292 g/mol. The number of hydrogen-bond donors (Lipinski definition) is 3. The summed E-state index contributed by atoms with van der Waals surface area (Å²) in [6, 6.07) is 2.58. The van der Waals surface area contributed by atoms with Gasteiger partial charge in [0.15, 0.2) is 0 Å². The van der Waals surface area contributed by atoms with Gasteiger partial charge in [0.2, 0.25) is 10.0 Å². The second kappa shape index (κ2) is 5.74. The molecule has 1 atom stereocenters. The molecule has 1 unspecified atom stereocenters. The standard InChI is InChI=1S/C13H18N4O3S/c1-8-4-12(20-3)13(5-11(8)14)21(18,19)17-9(2)10-6-15-16-7-10/h4-7,9,17H,14H2,1-3H3,(H,15,16). The highest BCUT2D eigenvalue weighted by atomic mass is 32.2. The van der Waals surface area contributed by atoms with E-state index in [-0.39, 0.29) is 10.6 Å². The number of nitrogens with one attached hydrogen (secondary N) is 2. The fourth-order valence-electron chi connectivity index (χ4n) is 1.91. The van der Waals surface area contributed by atoms with Crippen LogP contribution in [-0.2, 0) is 10.0 Å².